The minimum atomic E-state index is 0. The molecule has 2 aliphatic rings. The lowest BCUT2D eigenvalue weighted by Gasteiger charge is -2.34. The van der Waals surface area contributed by atoms with Crippen LogP contribution in [0.1, 0.15) is 39.5 Å². The van der Waals surface area contributed by atoms with Gasteiger partial charge in [0.05, 0.1) is 0 Å². The summed E-state index contributed by atoms with van der Waals surface area (Å²) in [5, 5.41) is 3.41. The van der Waals surface area contributed by atoms with Crippen molar-refractivity contribution in [3.8, 4) is 0 Å². The van der Waals surface area contributed by atoms with Crippen LogP contribution in [0, 0.1) is 11.8 Å². The average Bonchev–Trinajstić information content (AvgIpc) is 3.28. The van der Waals surface area contributed by atoms with Crippen molar-refractivity contribution in [3.05, 3.63) is 18.5 Å². The number of hydrogen-bond acceptors (Lipinski definition) is 5. The first-order chi connectivity index (χ1) is 14.7. The van der Waals surface area contributed by atoms with Gasteiger partial charge in [0, 0.05) is 71.7 Å². The van der Waals surface area contributed by atoms with E-state index in [0.29, 0.717) is 13.0 Å². The predicted octanol–water partition coefficient (Wildman–Crippen LogP) is 2.47. The standard InChI is InChI=1S/C22H37N7O.HI/c1-4-18(5-2)19-8-12-29(17-19)21(23-3)26-11-7-20(30)27-13-15-28(16-14-27)22-24-9-6-10-25-22;/h6,9-10,18-19H,4-5,7-8,11-17H2,1-3H3,(H,23,26);1H. The Kier molecular flexibility index (Phi) is 10.8. The number of nitrogens with zero attached hydrogens (tertiary/aromatic N) is 6. The Morgan fingerprint density at radius 1 is 1.13 bits per heavy atom. The zero-order valence-corrected chi connectivity index (χ0v) is 21.5. The van der Waals surface area contributed by atoms with Crippen LogP contribution in [0.15, 0.2) is 23.5 Å². The van der Waals surface area contributed by atoms with Gasteiger partial charge in [0.1, 0.15) is 0 Å². The Balaban J connectivity index is 0.00000341. The molecule has 0 aromatic carbocycles. The van der Waals surface area contributed by atoms with Gasteiger partial charge in [-0.3, -0.25) is 9.79 Å². The van der Waals surface area contributed by atoms with E-state index in [9.17, 15) is 4.79 Å². The van der Waals surface area contributed by atoms with Crippen LogP contribution in [0.5, 0.6) is 0 Å². The fourth-order valence-corrected chi connectivity index (χ4v) is 4.70. The lowest BCUT2D eigenvalue weighted by molar-refractivity contribution is -0.131. The Hall–Kier alpha value is -1.65. The number of rotatable bonds is 7. The molecule has 1 atom stereocenters. The molecular formula is C22H38IN7O. The van der Waals surface area contributed by atoms with E-state index in [1.807, 2.05) is 18.0 Å². The highest BCUT2D eigenvalue weighted by atomic mass is 127. The van der Waals surface area contributed by atoms with Gasteiger partial charge in [0.15, 0.2) is 5.96 Å². The lowest BCUT2D eigenvalue weighted by Crippen LogP contribution is -2.50. The van der Waals surface area contributed by atoms with Gasteiger partial charge >= 0.3 is 0 Å². The molecule has 0 saturated carbocycles. The SMILES string of the molecule is CCC(CC)C1CCN(C(=NC)NCCC(=O)N2CCN(c3ncccn3)CC2)C1.I. The highest BCUT2D eigenvalue weighted by Crippen LogP contribution is 2.28. The number of guanidine groups is 1. The fourth-order valence-electron chi connectivity index (χ4n) is 4.70. The van der Waals surface area contributed by atoms with Crippen molar-refractivity contribution >= 4 is 41.8 Å². The van der Waals surface area contributed by atoms with E-state index >= 15 is 0 Å². The molecular weight excluding hydrogens is 505 g/mol. The number of carbonyl (C=O) groups excluding carboxylic acids is 1. The van der Waals surface area contributed by atoms with E-state index < -0.39 is 0 Å². The quantitative estimate of drug-likeness (QED) is 0.324. The molecule has 2 fully saturated rings. The van der Waals surface area contributed by atoms with Crippen LogP contribution in [0.25, 0.3) is 0 Å². The van der Waals surface area contributed by atoms with Crippen LogP contribution < -0.4 is 10.2 Å². The fraction of sp³-hybridized carbons (Fsp3) is 0.727. The van der Waals surface area contributed by atoms with Gasteiger partial charge in [-0.15, -0.1) is 24.0 Å². The first kappa shape index (κ1) is 25.6. The van der Waals surface area contributed by atoms with Gasteiger partial charge in [-0.1, -0.05) is 26.7 Å². The summed E-state index contributed by atoms with van der Waals surface area (Å²) in [6.45, 7) is 10.3. The summed E-state index contributed by atoms with van der Waals surface area (Å²) in [5.74, 6) is 3.43. The van der Waals surface area contributed by atoms with Crippen molar-refractivity contribution in [2.45, 2.75) is 39.5 Å². The van der Waals surface area contributed by atoms with E-state index in [1.54, 1.807) is 12.4 Å². The molecule has 1 amide bonds. The summed E-state index contributed by atoms with van der Waals surface area (Å²) in [6.07, 6.45) is 7.74. The summed E-state index contributed by atoms with van der Waals surface area (Å²) in [4.78, 5) is 32.1. The van der Waals surface area contributed by atoms with E-state index in [0.717, 1.165) is 63.0 Å². The molecule has 1 unspecified atom stereocenters. The first-order valence-electron chi connectivity index (χ1n) is 11.4. The van der Waals surface area contributed by atoms with Gasteiger partial charge in [-0.2, -0.15) is 0 Å². The number of likely N-dealkylation sites (tertiary alicyclic amines) is 1. The minimum Gasteiger partial charge on any atom is -0.356 e. The second-order valence-corrected chi connectivity index (χ2v) is 8.21. The Morgan fingerprint density at radius 3 is 2.42 bits per heavy atom. The van der Waals surface area contributed by atoms with Crippen LogP contribution in [-0.2, 0) is 4.79 Å². The zero-order chi connectivity index (χ0) is 21.3. The normalized spacial score (nSPS) is 19.5. The van der Waals surface area contributed by atoms with Crippen molar-refractivity contribution in [1.82, 2.24) is 25.1 Å². The third kappa shape index (κ3) is 6.92. The molecule has 3 heterocycles. The van der Waals surface area contributed by atoms with Gasteiger partial charge < -0.3 is 20.0 Å². The van der Waals surface area contributed by atoms with Crippen molar-refractivity contribution < 1.29 is 4.79 Å². The highest BCUT2D eigenvalue weighted by Gasteiger charge is 2.29. The Bertz CT molecular complexity index is 690. The van der Waals surface area contributed by atoms with Crippen LogP contribution in [-0.4, -0.2) is 84.5 Å². The summed E-state index contributed by atoms with van der Waals surface area (Å²) in [6, 6.07) is 1.82. The van der Waals surface area contributed by atoms with E-state index in [-0.39, 0.29) is 29.9 Å². The van der Waals surface area contributed by atoms with Crippen molar-refractivity contribution in [2.24, 2.45) is 16.8 Å². The number of aliphatic imine (C=N–C) groups is 1. The lowest BCUT2D eigenvalue weighted by atomic mass is 9.87. The predicted molar refractivity (Wildman–Crippen MR) is 136 cm³/mol. The Morgan fingerprint density at radius 2 is 1.81 bits per heavy atom. The third-order valence-corrected chi connectivity index (χ3v) is 6.54. The van der Waals surface area contributed by atoms with Gasteiger partial charge in [0.25, 0.3) is 0 Å². The molecule has 3 rings (SSSR count). The second-order valence-electron chi connectivity index (χ2n) is 8.21. The van der Waals surface area contributed by atoms with Crippen LogP contribution in [0.3, 0.4) is 0 Å². The van der Waals surface area contributed by atoms with E-state index in [2.05, 4.69) is 43.9 Å². The molecule has 0 radical (unpaired) electrons. The number of nitrogens with one attached hydrogen (secondary N) is 1. The Labute approximate surface area is 203 Å². The number of aromatic nitrogens is 2. The first-order valence-corrected chi connectivity index (χ1v) is 11.4. The summed E-state index contributed by atoms with van der Waals surface area (Å²) >= 11 is 0. The number of amides is 1. The molecule has 0 aliphatic carbocycles. The molecule has 1 aromatic rings. The molecule has 1 N–H and O–H groups in total. The van der Waals surface area contributed by atoms with E-state index in [1.165, 1.54) is 19.3 Å². The van der Waals surface area contributed by atoms with Crippen LogP contribution in [0.4, 0.5) is 5.95 Å². The van der Waals surface area contributed by atoms with Crippen molar-refractivity contribution in [2.75, 3.05) is 57.8 Å². The summed E-state index contributed by atoms with van der Waals surface area (Å²) in [5.41, 5.74) is 0. The maximum atomic E-state index is 12.6. The smallest absolute Gasteiger partial charge is 0.225 e. The van der Waals surface area contributed by atoms with Crippen LogP contribution in [0.2, 0.25) is 0 Å². The maximum Gasteiger partial charge on any atom is 0.225 e. The van der Waals surface area contributed by atoms with Crippen LogP contribution >= 0.6 is 24.0 Å². The molecule has 174 valence electrons. The number of piperazine rings is 1. The number of anilines is 1. The molecule has 8 nitrogen and oxygen atoms in total. The molecule has 0 spiro atoms. The second kappa shape index (κ2) is 13.0. The van der Waals surface area contributed by atoms with Crippen molar-refractivity contribution in [3.63, 3.8) is 0 Å². The summed E-state index contributed by atoms with van der Waals surface area (Å²) in [7, 11) is 1.83. The molecule has 9 heteroatoms. The molecule has 31 heavy (non-hydrogen) atoms. The third-order valence-electron chi connectivity index (χ3n) is 6.54. The highest BCUT2D eigenvalue weighted by molar-refractivity contribution is 14.0. The monoisotopic (exact) mass is 543 g/mol. The van der Waals surface area contributed by atoms with Gasteiger partial charge in [0.2, 0.25) is 11.9 Å². The molecule has 0 bridgehead atoms. The average molecular weight is 543 g/mol. The maximum absolute atomic E-state index is 12.6. The summed E-state index contributed by atoms with van der Waals surface area (Å²) < 4.78 is 0. The van der Waals surface area contributed by atoms with Gasteiger partial charge in [-0.25, -0.2) is 9.97 Å². The number of hydrogen-bond donors (Lipinski definition) is 1. The van der Waals surface area contributed by atoms with Crippen molar-refractivity contribution in [1.29, 1.82) is 0 Å². The zero-order valence-electron chi connectivity index (χ0n) is 19.2. The van der Waals surface area contributed by atoms with E-state index in [4.69, 9.17) is 0 Å². The molecule has 1 aromatic heterocycles. The molecule has 2 saturated heterocycles. The van der Waals surface area contributed by atoms with Gasteiger partial charge in [-0.05, 0) is 24.3 Å². The molecule has 2 aliphatic heterocycles. The number of carbonyl (C=O) groups is 1. The largest absolute Gasteiger partial charge is 0.356 e. The topological polar surface area (TPSA) is 77.0 Å². The number of halogens is 1. The minimum absolute atomic E-state index is 0.